The molecule has 0 atom stereocenters. The second-order valence-electron chi connectivity index (χ2n) is 5.46. The van der Waals surface area contributed by atoms with E-state index >= 15 is 0 Å². The molecule has 116 valence electrons. The molecule has 0 saturated carbocycles. The molecule has 2 N–H and O–H groups in total. The monoisotopic (exact) mass is 307 g/mol. The highest BCUT2D eigenvalue weighted by molar-refractivity contribution is 5.73. The minimum atomic E-state index is -0.255. The molecule has 0 aromatic heterocycles. The van der Waals surface area contributed by atoms with Crippen LogP contribution in [-0.4, -0.2) is 0 Å². The van der Waals surface area contributed by atoms with Gasteiger partial charge in [0.25, 0.3) is 0 Å². The molecule has 3 heteroatoms. The minimum absolute atomic E-state index is 0.255. The van der Waals surface area contributed by atoms with E-state index in [9.17, 15) is 4.39 Å². The van der Waals surface area contributed by atoms with E-state index in [-0.39, 0.29) is 5.82 Å². The van der Waals surface area contributed by atoms with Crippen LogP contribution in [0.4, 0.5) is 10.1 Å². The zero-order valence-electron chi connectivity index (χ0n) is 12.9. The smallest absolute Gasteiger partial charge is 0.143 e. The third-order valence-corrected chi connectivity index (χ3v) is 3.76. The highest BCUT2D eigenvalue weighted by atomic mass is 19.1. The standard InChI is InChI=1S/C20H18FNO/c1-14-11-19(22)20(23-13-15-7-3-2-4-8-15)12-17(14)16-9-5-6-10-18(16)21/h2-12H,13,22H2,1H3. The van der Waals surface area contributed by atoms with Crippen LogP contribution < -0.4 is 10.5 Å². The van der Waals surface area contributed by atoms with Crippen molar-refractivity contribution < 1.29 is 9.13 Å². The molecule has 0 fully saturated rings. The molecule has 0 aliphatic rings. The number of halogens is 1. The third-order valence-electron chi connectivity index (χ3n) is 3.76. The lowest BCUT2D eigenvalue weighted by Crippen LogP contribution is -2.00. The number of rotatable bonds is 4. The topological polar surface area (TPSA) is 35.2 Å². The molecule has 2 nitrogen and oxygen atoms in total. The second kappa shape index (κ2) is 6.53. The molecule has 0 bridgehead atoms. The van der Waals surface area contributed by atoms with Crippen LogP contribution in [0.3, 0.4) is 0 Å². The molecule has 0 unspecified atom stereocenters. The van der Waals surface area contributed by atoms with E-state index in [0.717, 1.165) is 16.7 Å². The number of hydrogen-bond acceptors (Lipinski definition) is 2. The van der Waals surface area contributed by atoms with Crippen molar-refractivity contribution in [1.82, 2.24) is 0 Å². The summed E-state index contributed by atoms with van der Waals surface area (Å²) in [5.41, 5.74) is 9.92. The van der Waals surface area contributed by atoms with Crippen LogP contribution in [-0.2, 0) is 6.61 Å². The van der Waals surface area contributed by atoms with Crippen molar-refractivity contribution in [2.45, 2.75) is 13.5 Å². The molecule has 3 aromatic carbocycles. The van der Waals surface area contributed by atoms with Crippen molar-refractivity contribution in [3.05, 3.63) is 83.7 Å². The zero-order chi connectivity index (χ0) is 16.2. The van der Waals surface area contributed by atoms with Gasteiger partial charge in [-0.3, -0.25) is 0 Å². The van der Waals surface area contributed by atoms with Gasteiger partial charge in [-0.15, -0.1) is 0 Å². The highest BCUT2D eigenvalue weighted by Gasteiger charge is 2.11. The molecule has 0 aliphatic carbocycles. The fourth-order valence-corrected chi connectivity index (χ4v) is 2.54. The van der Waals surface area contributed by atoms with Gasteiger partial charge >= 0.3 is 0 Å². The predicted molar refractivity (Wildman–Crippen MR) is 91.8 cm³/mol. The van der Waals surface area contributed by atoms with E-state index in [1.165, 1.54) is 6.07 Å². The summed E-state index contributed by atoms with van der Waals surface area (Å²) in [5.74, 6) is 0.312. The highest BCUT2D eigenvalue weighted by Crippen LogP contribution is 2.34. The van der Waals surface area contributed by atoms with Crippen LogP contribution in [0.25, 0.3) is 11.1 Å². The van der Waals surface area contributed by atoms with Crippen LogP contribution >= 0.6 is 0 Å². The number of nitrogens with two attached hydrogens (primary N) is 1. The Bertz CT molecular complexity index is 815. The Labute approximate surface area is 135 Å². The Hall–Kier alpha value is -2.81. The third kappa shape index (κ3) is 3.34. The van der Waals surface area contributed by atoms with Crippen molar-refractivity contribution in [1.29, 1.82) is 0 Å². The summed E-state index contributed by atoms with van der Waals surface area (Å²) in [6.07, 6.45) is 0. The zero-order valence-corrected chi connectivity index (χ0v) is 12.9. The Morgan fingerprint density at radius 3 is 2.35 bits per heavy atom. The average Bonchev–Trinajstić information content (AvgIpc) is 2.56. The van der Waals surface area contributed by atoms with Crippen LogP contribution in [0.2, 0.25) is 0 Å². The van der Waals surface area contributed by atoms with Gasteiger partial charge in [-0.05, 0) is 41.8 Å². The Morgan fingerprint density at radius 1 is 0.913 bits per heavy atom. The molecule has 0 radical (unpaired) electrons. The maximum Gasteiger partial charge on any atom is 0.143 e. The summed E-state index contributed by atoms with van der Waals surface area (Å²) in [6, 6.07) is 20.2. The van der Waals surface area contributed by atoms with E-state index in [0.29, 0.717) is 23.6 Å². The Morgan fingerprint density at radius 2 is 1.61 bits per heavy atom. The maximum atomic E-state index is 14.1. The van der Waals surface area contributed by atoms with Crippen molar-refractivity contribution in [3.8, 4) is 16.9 Å². The summed E-state index contributed by atoms with van der Waals surface area (Å²) >= 11 is 0. The van der Waals surface area contributed by atoms with Crippen molar-refractivity contribution in [3.63, 3.8) is 0 Å². The first-order valence-electron chi connectivity index (χ1n) is 7.47. The maximum absolute atomic E-state index is 14.1. The van der Waals surface area contributed by atoms with Gasteiger partial charge in [-0.1, -0.05) is 48.5 Å². The van der Waals surface area contributed by atoms with Gasteiger partial charge < -0.3 is 10.5 Å². The Kier molecular flexibility index (Phi) is 4.29. The summed E-state index contributed by atoms with van der Waals surface area (Å²) in [6.45, 7) is 2.34. The lowest BCUT2D eigenvalue weighted by molar-refractivity contribution is 0.308. The number of benzene rings is 3. The average molecular weight is 307 g/mol. The number of hydrogen-bond donors (Lipinski definition) is 1. The van der Waals surface area contributed by atoms with Crippen molar-refractivity contribution in [2.75, 3.05) is 5.73 Å². The van der Waals surface area contributed by atoms with Crippen LogP contribution in [0.15, 0.2) is 66.7 Å². The molecule has 0 heterocycles. The van der Waals surface area contributed by atoms with Gasteiger partial charge in [0.2, 0.25) is 0 Å². The van der Waals surface area contributed by atoms with E-state index in [1.54, 1.807) is 12.1 Å². The fourth-order valence-electron chi connectivity index (χ4n) is 2.54. The molecule has 0 amide bonds. The minimum Gasteiger partial charge on any atom is -0.487 e. The van der Waals surface area contributed by atoms with Crippen LogP contribution in [0.1, 0.15) is 11.1 Å². The lowest BCUT2D eigenvalue weighted by Gasteiger charge is -2.14. The van der Waals surface area contributed by atoms with Gasteiger partial charge in [-0.2, -0.15) is 0 Å². The van der Waals surface area contributed by atoms with Crippen LogP contribution in [0.5, 0.6) is 5.75 Å². The SMILES string of the molecule is Cc1cc(N)c(OCc2ccccc2)cc1-c1ccccc1F. The summed E-state index contributed by atoms with van der Waals surface area (Å²) in [5, 5.41) is 0. The van der Waals surface area contributed by atoms with Gasteiger partial charge in [-0.25, -0.2) is 4.39 Å². The van der Waals surface area contributed by atoms with E-state index in [1.807, 2.05) is 55.5 Å². The molecular formula is C20H18FNO. The Balaban J connectivity index is 1.92. The van der Waals surface area contributed by atoms with E-state index < -0.39 is 0 Å². The van der Waals surface area contributed by atoms with Gasteiger partial charge in [0, 0.05) is 5.56 Å². The van der Waals surface area contributed by atoms with Gasteiger partial charge in [0.05, 0.1) is 5.69 Å². The van der Waals surface area contributed by atoms with Crippen LogP contribution in [0, 0.1) is 12.7 Å². The number of anilines is 1. The number of nitrogen functional groups attached to an aromatic ring is 1. The first-order chi connectivity index (χ1) is 11.1. The molecule has 3 rings (SSSR count). The first kappa shape index (κ1) is 15.1. The molecule has 0 saturated heterocycles. The lowest BCUT2D eigenvalue weighted by atomic mass is 9.99. The summed E-state index contributed by atoms with van der Waals surface area (Å²) in [7, 11) is 0. The van der Waals surface area contributed by atoms with E-state index in [4.69, 9.17) is 10.5 Å². The molecule has 23 heavy (non-hydrogen) atoms. The molecule has 3 aromatic rings. The largest absolute Gasteiger partial charge is 0.487 e. The van der Waals surface area contributed by atoms with Crippen molar-refractivity contribution in [2.24, 2.45) is 0 Å². The summed E-state index contributed by atoms with van der Waals surface area (Å²) < 4.78 is 19.9. The fraction of sp³-hybridized carbons (Fsp3) is 0.100. The number of aryl methyl sites for hydroxylation is 1. The normalized spacial score (nSPS) is 10.5. The van der Waals surface area contributed by atoms with E-state index in [2.05, 4.69) is 0 Å². The quantitative estimate of drug-likeness (QED) is 0.691. The van der Waals surface area contributed by atoms with Crippen molar-refractivity contribution >= 4 is 5.69 Å². The predicted octanol–water partition coefficient (Wildman–Crippen LogP) is 4.96. The number of ether oxygens (including phenoxy) is 1. The molecule has 0 aliphatic heterocycles. The first-order valence-corrected chi connectivity index (χ1v) is 7.47. The second-order valence-corrected chi connectivity index (χ2v) is 5.46. The molecular weight excluding hydrogens is 289 g/mol. The van der Waals surface area contributed by atoms with Gasteiger partial charge in [0.1, 0.15) is 18.2 Å². The molecule has 0 spiro atoms. The summed E-state index contributed by atoms with van der Waals surface area (Å²) in [4.78, 5) is 0. The van der Waals surface area contributed by atoms with Gasteiger partial charge in [0.15, 0.2) is 0 Å².